The van der Waals surface area contributed by atoms with Crippen molar-refractivity contribution in [3.8, 4) is 0 Å². The van der Waals surface area contributed by atoms with Gasteiger partial charge in [-0.1, -0.05) is 59.6 Å². The highest BCUT2D eigenvalue weighted by Crippen LogP contribution is 2.31. The summed E-state index contributed by atoms with van der Waals surface area (Å²) >= 11 is 13.8. The lowest BCUT2D eigenvalue weighted by Crippen LogP contribution is -2.29. The Kier molecular flexibility index (Phi) is 5.45. The summed E-state index contributed by atoms with van der Waals surface area (Å²) in [5, 5.41) is 4.09. The van der Waals surface area contributed by atoms with Gasteiger partial charge in [0.05, 0.1) is 21.3 Å². The van der Waals surface area contributed by atoms with Crippen LogP contribution < -0.4 is 5.32 Å². The second-order valence-electron chi connectivity index (χ2n) is 6.39. The molecule has 0 saturated heterocycles. The van der Waals surface area contributed by atoms with Crippen LogP contribution in [-0.2, 0) is 19.5 Å². The summed E-state index contributed by atoms with van der Waals surface area (Å²) in [6.45, 7) is 2.70. The molecule has 1 amide bonds. The van der Waals surface area contributed by atoms with Crippen LogP contribution in [0, 0.1) is 0 Å². The van der Waals surface area contributed by atoms with Crippen molar-refractivity contribution in [3.63, 3.8) is 0 Å². The molecule has 0 bridgehead atoms. The Labute approximate surface area is 171 Å². The van der Waals surface area contributed by atoms with Gasteiger partial charge < -0.3 is 0 Å². The highest BCUT2D eigenvalue weighted by atomic mass is 35.5. The standard InChI is InChI=1S/C20H17Cl2N3OS/c21-14-7-4-8-15(22)18(14)19(26)24-20-23-16-9-10-25(12-17(16)27-20)11-13-5-2-1-3-6-13/h1-8H,9-12H2,(H,23,24,26). The molecule has 27 heavy (non-hydrogen) atoms. The van der Waals surface area contributed by atoms with E-state index in [4.69, 9.17) is 23.2 Å². The third-order valence-electron chi connectivity index (χ3n) is 4.47. The van der Waals surface area contributed by atoms with Crippen LogP contribution in [0.5, 0.6) is 0 Å². The van der Waals surface area contributed by atoms with E-state index in [0.29, 0.717) is 15.2 Å². The van der Waals surface area contributed by atoms with Gasteiger partial charge in [-0.3, -0.25) is 15.0 Å². The highest BCUT2D eigenvalue weighted by Gasteiger charge is 2.22. The summed E-state index contributed by atoms with van der Waals surface area (Å²) in [7, 11) is 0. The van der Waals surface area contributed by atoms with Crippen LogP contribution >= 0.6 is 34.5 Å². The maximum absolute atomic E-state index is 12.6. The molecule has 0 spiro atoms. The highest BCUT2D eigenvalue weighted by molar-refractivity contribution is 7.15. The Morgan fingerprint density at radius 1 is 1.11 bits per heavy atom. The zero-order valence-electron chi connectivity index (χ0n) is 14.4. The molecule has 0 aliphatic carbocycles. The second-order valence-corrected chi connectivity index (χ2v) is 8.28. The number of hydrogen-bond acceptors (Lipinski definition) is 4. The molecular formula is C20H17Cl2N3OS. The molecule has 1 aliphatic heterocycles. The fraction of sp³-hybridized carbons (Fsp3) is 0.200. The third kappa shape index (κ3) is 4.17. The van der Waals surface area contributed by atoms with Crippen molar-refractivity contribution < 1.29 is 4.79 Å². The number of nitrogens with one attached hydrogen (secondary N) is 1. The van der Waals surface area contributed by atoms with Gasteiger partial charge in [0, 0.05) is 30.9 Å². The lowest BCUT2D eigenvalue weighted by atomic mass is 10.1. The van der Waals surface area contributed by atoms with Crippen LogP contribution in [0.3, 0.4) is 0 Å². The Bertz CT molecular complexity index is 954. The molecule has 0 atom stereocenters. The summed E-state index contributed by atoms with van der Waals surface area (Å²) < 4.78 is 0. The quantitative estimate of drug-likeness (QED) is 0.629. The predicted molar refractivity (Wildman–Crippen MR) is 111 cm³/mol. The van der Waals surface area contributed by atoms with Crippen molar-refractivity contribution in [1.82, 2.24) is 9.88 Å². The molecule has 0 saturated carbocycles. The molecule has 0 radical (unpaired) electrons. The van der Waals surface area contributed by atoms with Crippen LogP contribution in [0.4, 0.5) is 5.13 Å². The Hall–Kier alpha value is -1.92. The summed E-state index contributed by atoms with van der Waals surface area (Å²) in [5.41, 5.74) is 2.64. The van der Waals surface area contributed by atoms with Crippen molar-refractivity contribution in [2.75, 3.05) is 11.9 Å². The molecule has 1 aromatic heterocycles. The van der Waals surface area contributed by atoms with Crippen molar-refractivity contribution >= 4 is 45.6 Å². The van der Waals surface area contributed by atoms with Gasteiger partial charge in [0.15, 0.2) is 5.13 Å². The number of anilines is 1. The van der Waals surface area contributed by atoms with Gasteiger partial charge in [-0.2, -0.15) is 0 Å². The molecule has 3 aromatic rings. The largest absolute Gasteiger partial charge is 0.298 e. The van der Waals surface area contributed by atoms with E-state index in [2.05, 4.69) is 39.5 Å². The zero-order chi connectivity index (χ0) is 18.8. The predicted octanol–water partition coefficient (Wildman–Crippen LogP) is 5.26. The van der Waals surface area contributed by atoms with Gasteiger partial charge in [0.25, 0.3) is 5.91 Å². The van der Waals surface area contributed by atoms with Gasteiger partial charge in [0.2, 0.25) is 0 Å². The van der Waals surface area contributed by atoms with Gasteiger partial charge in [-0.25, -0.2) is 4.98 Å². The number of hydrogen-bond donors (Lipinski definition) is 1. The van der Waals surface area contributed by atoms with Crippen LogP contribution in [0.2, 0.25) is 10.0 Å². The van der Waals surface area contributed by atoms with Gasteiger partial charge in [-0.15, -0.1) is 11.3 Å². The van der Waals surface area contributed by atoms with Crippen molar-refractivity contribution in [3.05, 3.63) is 80.3 Å². The summed E-state index contributed by atoms with van der Waals surface area (Å²) in [4.78, 5) is 20.7. The van der Waals surface area contributed by atoms with E-state index in [1.807, 2.05) is 6.07 Å². The molecule has 1 aliphatic rings. The van der Waals surface area contributed by atoms with E-state index in [9.17, 15) is 4.79 Å². The number of rotatable bonds is 4. The second kappa shape index (κ2) is 7.98. The number of thiazole rings is 1. The van der Waals surface area contributed by atoms with Crippen LogP contribution in [0.1, 0.15) is 26.5 Å². The van der Waals surface area contributed by atoms with Gasteiger partial charge >= 0.3 is 0 Å². The molecule has 138 valence electrons. The first-order chi connectivity index (χ1) is 13.1. The maximum atomic E-state index is 12.6. The number of amides is 1. The monoisotopic (exact) mass is 417 g/mol. The van der Waals surface area contributed by atoms with Gasteiger partial charge in [0.1, 0.15) is 0 Å². The Morgan fingerprint density at radius 3 is 2.59 bits per heavy atom. The molecule has 7 heteroatoms. The third-order valence-corrected chi connectivity index (χ3v) is 6.10. The topological polar surface area (TPSA) is 45.2 Å². The van der Waals surface area contributed by atoms with E-state index >= 15 is 0 Å². The SMILES string of the molecule is O=C(Nc1nc2c(s1)CN(Cc1ccccc1)CC2)c1c(Cl)cccc1Cl. The number of nitrogens with zero attached hydrogens (tertiary/aromatic N) is 2. The number of benzene rings is 2. The lowest BCUT2D eigenvalue weighted by Gasteiger charge is -2.25. The molecule has 4 nitrogen and oxygen atoms in total. The Morgan fingerprint density at radius 2 is 1.85 bits per heavy atom. The summed E-state index contributed by atoms with van der Waals surface area (Å²) in [5.74, 6) is -0.335. The van der Waals surface area contributed by atoms with E-state index in [0.717, 1.165) is 31.7 Å². The van der Waals surface area contributed by atoms with Crippen LogP contribution in [-0.4, -0.2) is 22.3 Å². The molecule has 0 unspecified atom stereocenters. The number of fused-ring (bicyclic) bond motifs is 1. The van der Waals surface area contributed by atoms with E-state index < -0.39 is 0 Å². The summed E-state index contributed by atoms with van der Waals surface area (Å²) in [6.07, 6.45) is 0.876. The van der Waals surface area contributed by atoms with E-state index in [-0.39, 0.29) is 11.5 Å². The first-order valence-electron chi connectivity index (χ1n) is 8.60. The number of halogens is 2. The minimum atomic E-state index is -0.335. The molecular weight excluding hydrogens is 401 g/mol. The normalized spacial score (nSPS) is 14.0. The Balaban J connectivity index is 1.46. The smallest absolute Gasteiger partial charge is 0.260 e. The van der Waals surface area contributed by atoms with Crippen molar-refractivity contribution in [2.45, 2.75) is 19.5 Å². The number of aromatic nitrogens is 1. The first kappa shape index (κ1) is 18.4. The van der Waals surface area contributed by atoms with Gasteiger partial charge in [-0.05, 0) is 17.7 Å². The van der Waals surface area contributed by atoms with Crippen molar-refractivity contribution in [2.24, 2.45) is 0 Å². The van der Waals surface area contributed by atoms with Crippen LogP contribution in [0.15, 0.2) is 48.5 Å². The fourth-order valence-corrected chi connectivity index (χ4v) is 4.77. The number of carbonyl (C=O) groups is 1. The number of carbonyl (C=O) groups excluding carboxylic acids is 1. The average molecular weight is 418 g/mol. The molecule has 4 rings (SSSR count). The zero-order valence-corrected chi connectivity index (χ0v) is 16.7. The van der Waals surface area contributed by atoms with E-state index in [1.54, 1.807) is 18.2 Å². The average Bonchev–Trinajstić information content (AvgIpc) is 3.04. The van der Waals surface area contributed by atoms with Crippen LogP contribution in [0.25, 0.3) is 0 Å². The maximum Gasteiger partial charge on any atom is 0.260 e. The van der Waals surface area contributed by atoms with E-state index in [1.165, 1.54) is 21.8 Å². The first-order valence-corrected chi connectivity index (χ1v) is 10.2. The molecule has 0 fully saturated rings. The molecule has 2 heterocycles. The minimum Gasteiger partial charge on any atom is -0.298 e. The lowest BCUT2D eigenvalue weighted by molar-refractivity contribution is 0.102. The minimum absolute atomic E-state index is 0.278. The summed E-state index contributed by atoms with van der Waals surface area (Å²) in [6, 6.07) is 15.4. The fourth-order valence-electron chi connectivity index (χ4n) is 3.15. The molecule has 1 N–H and O–H groups in total. The van der Waals surface area contributed by atoms with Crippen molar-refractivity contribution in [1.29, 1.82) is 0 Å². The molecule has 2 aromatic carbocycles.